The van der Waals surface area contributed by atoms with Crippen LogP contribution in [0.3, 0.4) is 0 Å². The molecule has 0 amide bonds. The van der Waals surface area contributed by atoms with E-state index in [9.17, 15) is 31.1 Å². The van der Waals surface area contributed by atoms with E-state index in [0.29, 0.717) is 37.4 Å². The number of esters is 1. The van der Waals surface area contributed by atoms with Gasteiger partial charge in [0.05, 0.1) is 11.1 Å². The molecule has 0 bridgehead atoms. The zero-order valence-corrected chi connectivity index (χ0v) is 25.1. The van der Waals surface area contributed by atoms with Gasteiger partial charge in [-0.05, 0) is 80.5 Å². The fraction of sp³-hybridized carbons (Fsp3) is 0.438. The Bertz CT molecular complexity index is 1410. The molecule has 0 N–H and O–H groups in total. The van der Waals surface area contributed by atoms with E-state index in [2.05, 4.69) is 4.98 Å². The van der Waals surface area contributed by atoms with Gasteiger partial charge in [0.1, 0.15) is 11.9 Å². The highest BCUT2D eigenvalue weighted by molar-refractivity contribution is 6.30. The number of benzene rings is 2. The fourth-order valence-corrected chi connectivity index (χ4v) is 5.87. The van der Waals surface area contributed by atoms with Gasteiger partial charge in [-0.1, -0.05) is 29.8 Å². The molecule has 0 aliphatic heterocycles. The molecular formula is C32H34ClF6N3O2. The normalized spacial score (nSPS) is 17.3. The predicted octanol–water partition coefficient (Wildman–Crippen LogP) is 8.93. The smallest absolute Gasteiger partial charge is 0.417 e. The highest BCUT2D eigenvalue weighted by Gasteiger charge is 2.34. The number of para-hydroxylation sites is 1. The Balaban J connectivity index is 1.67. The summed E-state index contributed by atoms with van der Waals surface area (Å²) in [6.45, 7) is 4.19. The number of aromatic nitrogens is 1. The molecule has 0 spiro atoms. The molecule has 1 saturated carbocycles. The Morgan fingerprint density at radius 1 is 0.909 bits per heavy atom. The van der Waals surface area contributed by atoms with E-state index in [4.69, 9.17) is 16.3 Å². The number of carbonyl (C=O) groups is 1. The van der Waals surface area contributed by atoms with Gasteiger partial charge in [0.15, 0.2) is 0 Å². The standard InChI is InChI=1S/C32H34ClF6N3O2/c1-3-41(18-22-9-11-29(12-10-22)44-21(2)43)30-24(15-26(17-40-30)32(37,38)39)20-42(28-7-5-4-6-8-28)19-23-13-25(31(34,35)36)16-27(33)14-23/h4-8,13-17,22,29H,3,9-12,18-20H2,1-2H3. The third-order valence-corrected chi connectivity index (χ3v) is 7.92. The first-order valence-electron chi connectivity index (χ1n) is 14.4. The number of ether oxygens (including phenoxy) is 1. The lowest BCUT2D eigenvalue weighted by Crippen LogP contribution is -2.35. The van der Waals surface area contributed by atoms with Crippen LogP contribution in [0, 0.1) is 5.92 Å². The molecule has 1 heterocycles. The summed E-state index contributed by atoms with van der Waals surface area (Å²) in [5.74, 6) is 0.277. The average Bonchev–Trinajstić information content (AvgIpc) is 2.95. The van der Waals surface area contributed by atoms with E-state index in [-0.39, 0.29) is 47.2 Å². The fourth-order valence-electron chi connectivity index (χ4n) is 5.61. The maximum Gasteiger partial charge on any atom is 0.417 e. The van der Waals surface area contributed by atoms with Gasteiger partial charge in [0.2, 0.25) is 0 Å². The van der Waals surface area contributed by atoms with Gasteiger partial charge in [-0.2, -0.15) is 26.3 Å². The van der Waals surface area contributed by atoms with Crippen molar-refractivity contribution >= 4 is 29.1 Å². The molecule has 4 rings (SSSR count). The Morgan fingerprint density at radius 3 is 2.16 bits per heavy atom. The lowest BCUT2D eigenvalue weighted by molar-refractivity contribution is -0.148. The Morgan fingerprint density at radius 2 is 1.57 bits per heavy atom. The number of nitrogens with zero attached hydrogens (tertiary/aromatic N) is 3. The first-order chi connectivity index (χ1) is 20.7. The lowest BCUT2D eigenvalue weighted by Gasteiger charge is -2.34. The molecule has 1 aliphatic carbocycles. The van der Waals surface area contributed by atoms with Crippen LogP contribution in [0.2, 0.25) is 5.02 Å². The molecule has 2 aromatic carbocycles. The van der Waals surface area contributed by atoms with Gasteiger partial charge in [0.25, 0.3) is 0 Å². The van der Waals surface area contributed by atoms with Gasteiger partial charge < -0.3 is 14.5 Å². The van der Waals surface area contributed by atoms with Crippen molar-refractivity contribution in [3.8, 4) is 0 Å². The van der Waals surface area contributed by atoms with Gasteiger partial charge in [-0.3, -0.25) is 4.79 Å². The zero-order chi connectivity index (χ0) is 32.1. The number of carbonyl (C=O) groups excluding carboxylic acids is 1. The minimum atomic E-state index is -4.64. The highest BCUT2D eigenvalue weighted by Crippen LogP contribution is 2.36. The molecule has 0 atom stereocenters. The minimum Gasteiger partial charge on any atom is -0.463 e. The molecule has 12 heteroatoms. The van der Waals surface area contributed by atoms with E-state index < -0.39 is 23.5 Å². The first kappa shape index (κ1) is 33.4. The molecule has 1 aromatic heterocycles. The predicted molar refractivity (Wildman–Crippen MR) is 157 cm³/mol. The third-order valence-electron chi connectivity index (χ3n) is 7.70. The van der Waals surface area contributed by atoms with Crippen LogP contribution in [0.1, 0.15) is 61.8 Å². The molecule has 0 saturated heterocycles. The molecule has 0 unspecified atom stereocenters. The van der Waals surface area contributed by atoms with E-state index in [1.165, 1.54) is 13.0 Å². The van der Waals surface area contributed by atoms with Gasteiger partial charge >= 0.3 is 18.3 Å². The van der Waals surface area contributed by atoms with Gasteiger partial charge in [0, 0.05) is 55.6 Å². The Hall–Kier alpha value is -3.47. The van der Waals surface area contributed by atoms with Crippen LogP contribution < -0.4 is 9.80 Å². The summed E-state index contributed by atoms with van der Waals surface area (Å²) in [4.78, 5) is 19.3. The minimum absolute atomic E-state index is 0.0460. The summed E-state index contributed by atoms with van der Waals surface area (Å²) >= 11 is 6.04. The maximum atomic E-state index is 13.9. The van der Waals surface area contributed by atoms with Crippen molar-refractivity contribution in [2.45, 2.75) is 71.1 Å². The highest BCUT2D eigenvalue weighted by atomic mass is 35.5. The average molecular weight is 642 g/mol. The number of hydrogen-bond donors (Lipinski definition) is 0. The van der Waals surface area contributed by atoms with Crippen LogP contribution in [-0.4, -0.2) is 30.1 Å². The SMILES string of the molecule is CCN(CC1CCC(OC(C)=O)CC1)c1ncc(C(F)(F)F)cc1CN(Cc1cc(Cl)cc(C(F)(F)F)c1)c1ccccc1. The van der Waals surface area contributed by atoms with Crippen LogP contribution in [0.15, 0.2) is 60.8 Å². The maximum absolute atomic E-state index is 13.9. The Kier molecular flexibility index (Phi) is 10.7. The number of anilines is 2. The number of halogens is 7. The summed E-state index contributed by atoms with van der Waals surface area (Å²) < 4.78 is 87.6. The van der Waals surface area contributed by atoms with Crippen molar-refractivity contribution in [2.75, 3.05) is 22.9 Å². The van der Waals surface area contributed by atoms with Crippen LogP contribution in [-0.2, 0) is 35.0 Å². The molecule has 238 valence electrons. The number of alkyl halides is 6. The van der Waals surface area contributed by atoms with Crippen LogP contribution in [0.4, 0.5) is 37.8 Å². The number of hydrogen-bond acceptors (Lipinski definition) is 5. The number of rotatable bonds is 10. The topological polar surface area (TPSA) is 45.7 Å². The summed E-state index contributed by atoms with van der Waals surface area (Å²) in [5.41, 5.74) is -0.667. The Labute approximate surface area is 257 Å². The van der Waals surface area contributed by atoms with Crippen molar-refractivity contribution < 1.29 is 35.9 Å². The largest absolute Gasteiger partial charge is 0.463 e. The number of pyridine rings is 1. The molecule has 1 aliphatic rings. The quantitative estimate of drug-likeness (QED) is 0.163. The molecule has 5 nitrogen and oxygen atoms in total. The third kappa shape index (κ3) is 9.03. The molecule has 3 aromatic rings. The van der Waals surface area contributed by atoms with Crippen molar-refractivity contribution in [3.63, 3.8) is 0 Å². The van der Waals surface area contributed by atoms with Gasteiger partial charge in [-0.15, -0.1) is 0 Å². The van der Waals surface area contributed by atoms with Crippen LogP contribution in [0.25, 0.3) is 0 Å². The second kappa shape index (κ2) is 14.1. The second-order valence-corrected chi connectivity index (χ2v) is 11.5. The first-order valence-corrected chi connectivity index (χ1v) is 14.8. The van der Waals surface area contributed by atoms with Crippen molar-refractivity contribution in [2.24, 2.45) is 5.92 Å². The molecule has 44 heavy (non-hydrogen) atoms. The van der Waals surface area contributed by atoms with Crippen LogP contribution >= 0.6 is 11.6 Å². The lowest BCUT2D eigenvalue weighted by atomic mass is 9.87. The van der Waals surface area contributed by atoms with Gasteiger partial charge in [-0.25, -0.2) is 4.98 Å². The molecule has 1 fully saturated rings. The van der Waals surface area contributed by atoms with E-state index in [0.717, 1.165) is 37.2 Å². The van der Waals surface area contributed by atoms with E-state index >= 15 is 0 Å². The summed E-state index contributed by atoms with van der Waals surface area (Å²) in [5, 5.41) is -0.0927. The summed E-state index contributed by atoms with van der Waals surface area (Å²) in [6, 6.07) is 13.1. The van der Waals surface area contributed by atoms with Crippen molar-refractivity contribution in [1.29, 1.82) is 0 Å². The zero-order valence-electron chi connectivity index (χ0n) is 24.4. The van der Waals surface area contributed by atoms with E-state index in [1.54, 1.807) is 35.2 Å². The van der Waals surface area contributed by atoms with Crippen molar-refractivity contribution in [3.05, 3.63) is 88.1 Å². The summed E-state index contributed by atoms with van der Waals surface area (Å²) in [6.07, 6.45) is -5.59. The van der Waals surface area contributed by atoms with Crippen LogP contribution in [0.5, 0.6) is 0 Å². The molecular weight excluding hydrogens is 608 g/mol. The van der Waals surface area contributed by atoms with E-state index in [1.807, 2.05) is 11.8 Å². The molecule has 0 radical (unpaired) electrons. The monoisotopic (exact) mass is 641 g/mol. The van der Waals surface area contributed by atoms with Crippen molar-refractivity contribution in [1.82, 2.24) is 4.98 Å². The summed E-state index contributed by atoms with van der Waals surface area (Å²) in [7, 11) is 0. The second-order valence-electron chi connectivity index (χ2n) is 11.0.